The van der Waals surface area contributed by atoms with Crippen molar-refractivity contribution in [3.63, 3.8) is 0 Å². The topological polar surface area (TPSA) is 116 Å². The smallest absolute Gasteiger partial charge is 0.411 e. The summed E-state index contributed by atoms with van der Waals surface area (Å²) in [7, 11) is 0. The number of rotatable bonds is 5. The first kappa shape index (κ1) is 22.6. The van der Waals surface area contributed by atoms with E-state index < -0.39 is 23.6 Å². The molecule has 0 aromatic heterocycles. The number of anilines is 1. The normalized spacial score (nSPS) is 18.6. The third-order valence-corrected chi connectivity index (χ3v) is 6.63. The molecule has 0 bridgehead atoms. The van der Waals surface area contributed by atoms with Crippen molar-refractivity contribution in [2.24, 2.45) is 0 Å². The average molecular weight is 472 g/mol. The molecule has 8 heteroatoms. The Bertz CT molecular complexity index is 1280. The minimum atomic E-state index is -1.94. The highest BCUT2D eigenvalue weighted by molar-refractivity contribution is 5.97. The van der Waals surface area contributed by atoms with Crippen LogP contribution in [0, 0.1) is 0 Å². The van der Waals surface area contributed by atoms with E-state index in [1.165, 1.54) is 11.0 Å². The molecule has 2 amide bonds. The Morgan fingerprint density at radius 2 is 1.63 bits per heavy atom. The SMILES string of the molecule is O=C(Nc1cccc(C(=O)N2CCC(O)(C(=O)O)C2)c1)OCC1c2ccccc2-c2ccccc21. The molecular weight excluding hydrogens is 448 g/mol. The predicted molar refractivity (Wildman–Crippen MR) is 128 cm³/mol. The number of nitrogens with one attached hydrogen (secondary N) is 1. The molecule has 0 saturated carbocycles. The highest BCUT2D eigenvalue weighted by Crippen LogP contribution is 2.44. The number of nitrogens with zero attached hydrogens (tertiary/aromatic N) is 1. The fraction of sp³-hybridized carbons (Fsp3) is 0.222. The van der Waals surface area contributed by atoms with E-state index in [1.807, 2.05) is 36.4 Å². The Kier molecular flexibility index (Phi) is 5.74. The summed E-state index contributed by atoms with van der Waals surface area (Å²) in [5.74, 6) is -1.83. The molecule has 1 fully saturated rings. The molecule has 1 aliphatic carbocycles. The minimum Gasteiger partial charge on any atom is -0.479 e. The number of aliphatic hydroxyl groups is 1. The molecule has 0 radical (unpaired) electrons. The Morgan fingerprint density at radius 3 is 2.26 bits per heavy atom. The molecule has 0 spiro atoms. The number of benzene rings is 3. The van der Waals surface area contributed by atoms with Crippen molar-refractivity contribution < 1.29 is 29.3 Å². The largest absolute Gasteiger partial charge is 0.479 e. The number of carboxylic acids is 1. The zero-order chi connectivity index (χ0) is 24.6. The lowest BCUT2D eigenvalue weighted by Gasteiger charge is -2.19. The van der Waals surface area contributed by atoms with Gasteiger partial charge in [0.1, 0.15) is 6.61 Å². The molecule has 3 aromatic rings. The second-order valence-electron chi connectivity index (χ2n) is 8.84. The van der Waals surface area contributed by atoms with Crippen LogP contribution in [0.25, 0.3) is 11.1 Å². The van der Waals surface area contributed by atoms with Gasteiger partial charge in [-0.1, -0.05) is 54.6 Å². The van der Waals surface area contributed by atoms with E-state index in [2.05, 4.69) is 17.4 Å². The molecule has 1 aliphatic heterocycles. The lowest BCUT2D eigenvalue weighted by molar-refractivity contribution is -0.156. The van der Waals surface area contributed by atoms with Gasteiger partial charge in [-0.2, -0.15) is 0 Å². The first-order valence-electron chi connectivity index (χ1n) is 11.3. The number of carbonyl (C=O) groups is 3. The molecule has 8 nitrogen and oxygen atoms in total. The van der Waals surface area contributed by atoms with E-state index in [-0.39, 0.29) is 37.6 Å². The van der Waals surface area contributed by atoms with Gasteiger partial charge in [0.25, 0.3) is 5.91 Å². The fourth-order valence-electron chi connectivity index (χ4n) is 4.81. The summed E-state index contributed by atoms with van der Waals surface area (Å²) in [6, 6.07) is 22.5. The monoisotopic (exact) mass is 472 g/mol. The van der Waals surface area contributed by atoms with Crippen molar-refractivity contribution in [2.75, 3.05) is 25.0 Å². The van der Waals surface area contributed by atoms with E-state index in [0.29, 0.717) is 5.69 Å². The van der Waals surface area contributed by atoms with E-state index in [9.17, 15) is 24.6 Å². The molecule has 1 atom stereocenters. The summed E-state index contributed by atoms with van der Waals surface area (Å²) in [6.07, 6.45) is -0.677. The summed E-state index contributed by atoms with van der Waals surface area (Å²) in [6.45, 7) is 0.0108. The van der Waals surface area contributed by atoms with Crippen molar-refractivity contribution in [3.05, 3.63) is 89.5 Å². The van der Waals surface area contributed by atoms with E-state index in [1.54, 1.807) is 18.2 Å². The van der Waals surface area contributed by atoms with Crippen LogP contribution in [0.3, 0.4) is 0 Å². The number of β-amino-alcohol motifs (C(OH)–C–C–N with tert-alkyl or cyclic N) is 1. The highest BCUT2D eigenvalue weighted by atomic mass is 16.5. The predicted octanol–water partition coefficient (Wildman–Crippen LogP) is 3.71. The first-order chi connectivity index (χ1) is 16.9. The molecule has 35 heavy (non-hydrogen) atoms. The summed E-state index contributed by atoms with van der Waals surface area (Å²) in [4.78, 5) is 37.9. The van der Waals surface area contributed by atoms with Gasteiger partial charge in [-0.3, -0.25) is 10.1 Å². The van der Waals surface area contributed by atoms with Gasteiger partial charge in [-0.05, 0) is 40.5 Å². The summed E-state index contributed by atoms with van der Waals surface area (Å²) >= 11 is 0. The van der Waals surface area contributed by atoms with E-state index in [4.69, 9.17) is 4.74 Å². The van der Waals surface area contributed by atoms with Gasteiger partial charge in [-0.15, -0.1) is 0 Å². The number of likely N-dealkylation sites (tertiary alicyclic amines) is 1. The van der Waals surface area contributed by atoms with Gasteiger partial charge in [0.2, 0.25) is 0 Å². The second-order valence-corrected chi connectivity index (χ2v) is 8.84. The van der Waals surface area contributed by atoms with Crippen LogP contribution >= 0.6 is 0 Å². The molecule has 1 saturated heterocycles. The molecule has 1 heterocycles. The maximum atomic E-state index is 12.8. The van der Waals surface area contributed by atoms with Crippen molar-refractivity contribution in [2.45, 2.75) is 17.9 Å². The molecule has 178 valence electrons. The Morgan fingerprint density at radius 1 is 0.971 bits per heavy atom. The zero-order valence-corrected chi connectivity index (χ0v) is 18.8. The van der Waals surface area contributed by atoms with Crippen LogP contribution < -0.4 is 5.32 Å². The molecular formula is C27H24N2O6. The van der Waals surface area contributed by atoms with Crippen LogP contribution in [0.15, 0.2) is 72.8 Å². The van der Waals surface area contributed by atoms with Crippen LogP contribution in [0.2, 0.25) is 0 Å². The van der Waals surface area contributed by atoms with Gasteiger partial charge >= 0.3 is 12.1 Å². The Balaban J connectivity index is 1.24. The van der Waals surface area contributed by atoms with E-state index >= 15 is 0 Å². The van der Waals surface area contributed by atoms with Crippen LogP contribution in [0.5, 0.6) is 0 Å². The number of carboxylic acid groups (broad SMARTS) is 1. The Hall–Kier alpha value is -4.17. The zero-order valence-electron chi connectivity index (χ0n) is 18.8. The number of hydrogen-bond acceptors (Lipinski definition) is 5. The minimum absolute atomic E-state index is 0.0359. The first-order valence-corrected chi connectivity index (χ1v) is 11.3. The summed E-state index contributed by atoms with van der Waals surface area (Å²) < 4.78 is 5.55. The third-order valence-electron chi connectivity index (χ3n) is 6.63. The summed E-state index contributed by atoms with van der Waals surface area (Å²) in [5.41, 5.74) is 3.21. The van der Waals surface area contributed by atoms with Crippen molar-refractivity contribution in [1.29, 1.82) is 0 Å². The van der Waals surface area contributed by atoms with Crippen LogP contribution in [0.1, 0.15) is 33.8 Å². The van der Waals surface area contributed by atoms with Gasteiger partial charge in [0, 0.05) is 30.1 Å². The lowest BCUT2D eigenvalue weighted by Crippen LogP contribution is -2.42. The van der Waals surface area contributed by atoms with Gasteiger partial charge in [0.15, 0.2) is 5.60 Å². The fourth-order valence-corrected chi connectivity index (χ4v) is 4.81. The van der Waals surface area contributed by atoms with Crippen LogP contribution in [0.4, 0.5) is 10.5 Å². The van der Waals surface area contributed by atoms with Crippen LogP contribution in [-0.2, 0) is 9.53 Å². The van der Waals surface area contributed by atoms with Gasteiger partial charge < -0.3 is 19.8 Å². The molecule has 1 unspecified atom stereocenters. The number of hydrogen-bond donors (Lipinski definition) is 3. The maximum Gasteiger partial charge on any atom is 0.411 e. The Labute approximate surface area is 201 Å². The maximum absolute atomic E-state index is 12.8. The standard InChI is InChI=1S/C27H24N2O6/c30-24(29-13-12-27(34,16-29)25(31)32)17-6-5-7-18(14-17)28-26(33)35-15-23-21-10-3-1-8-19(21)20-9-2-4-11-22(20)23/h1-11,14,23,34H,12-13,15-16H2,(H,28,33)(H,31,32). The number of aliphatic carboxylic acids is 1. The van der Waals surface area contributed by atoms with E-state index in [0.717, 1.165) is 22.3 Å². The van der Waals surface area contributed by atoms with Crippen molar-refractivity contribution in [1.82, 2.24) is 4.90 Å². The molecule has 5 rings (SSSR count). The molecule has 2 aliphatic rings. The van der Waals surface area contributed by atoms with Gasteiger partial charge in [0.05, 0.1) is 6.54 Å². The number of ether oxygens (including phenoxy) is 1. The van der Waals surface area contributed by atoms with Gasteiger partial charge in [-0.25, -0.2) is 9.59 Å². The van der Waals surface area contributed by atoms with Crippen molar-refractivity contribution >= 4 is 23.7 Å². The second kappa shape index (κ2) is 8.88. The lowest BCUT2D eigenvalue weighted by atomic mass is 9.98. The number of amides is 2. The third kappa shape index (κ3) is 4.24. The van der Waals surface area contributed by atoms with Crippen molar-refractivity contribution in [3.8, 4) is 11.1 Å². The average Bonchev–Trinajstić information content (AvgIpc) is 3.42. The number of carbonyl (C=O) groups excluding carboxylic acids is 2. The summed E-state index contributed by atoms with van der Waals surface area (Å²) in [5, 5.41) is 21.9. The molecule has 3 aromatic carbocycles. The quantitative estimate of drug-likeness (QED) is 0.521. The number of fused-ring (bicyclic) bond motifs is 3. The molecule has 3 N–H and O–H groups in total. The highest BCUT2D eigenvalue weighted by Gasteiger charge is 2.44. The van der Waals surface area contributed by atoms with Crippen LogP contribution in [-0.4, -0.2) is 58.4 Å².